The second-order valence-electron chi connectivity index (χ2n) is 6.81. The lowest BCUT2D eigenvalue weighted by Crippen LogP contribution is -2.21. The maximum atomic E-state index is 12.2. The van der Waals surface area contributed by atoms with Crippen molar-refractivity contribution in [1.82, 2.24) is 14.7 Å². The molecule has 156 valence electrons. The Hall–Kier alpha value is -4.14. The third-order valence-electron chi connectivity index (χ3n) is 4.60. The Balaban J connectivity index is 1.97. The largest absolute Gasteiger partial charge is 0.464 e. The third kappa shape index (κ3) is 4.89. The van der Waals surface area contributed by atoms with E-state index in [9.17, 15) is 20.0 Å². The molecule has 0 fully saturated rings. The number of esters is 1. The van der Waals surface area contributed by atoms with E-state index in [1.807, 2.05) is 0 Å². The van der Waals surface area contributed by atoms with Gasteiger partial charge in [-0.05, 0) is 36.4 Å². The predicted molar refractivity (Wildman–Crippen MR) is 113 cm³/mol. The molecule has 0 aliphatic heterocycles. The van der Waals surface area contributed by atoms with Crippen molar-refractivity contribution >= 4 is 23.3 Å². The molecule has 0 saturated carbocycles. The van der Waals surface area contributed by atoms with E-state index in [0.29, 0.717) is 47.1 Å². The van der Waals surface area contributed by atoms with Crippen LogP contribution in [0.5, 0.6) is 0 Å². The summed E-state index contributed by atoms with van der Waals surface area (Å²) in [4.78, 5) is 24.2. The average molecular weight is 416 g/mol. The second kappa shape index (κ2) is 9.57. The molecule has 1 heterocycles. The standard InChI is InChI=1S/C23H20N4O4/c1-26(15-28)11-10-19(29)8-6-16-4-3-5-18(12-16)27-21-13-17(14-24)7-9-20(21)22(25-27)23(30)31-2/h3-5,7,9,12-13,15,19,29H,10-11H2,1-2H3/t19-/m0/s1. The van der Waals surface area contributed by atoms with Gasteiger partial charge in [-0.2, -0.15) is 10.4 Å². The number of aliphatic hydroxyl groups excluding tert-OH is 1. The molecule has 31 heavy (non-hydrogen) atoms. The molecule has 0 spiro atoms. The molecule has 8 heteroatoms. The molecule has 0 aliphatic rings. The zero-order chi connectivity index (χ0) is 22.4. The Bertz CT molecular complexity index is 1230. The van der Waals surface area contributed by atoms with Crippen LogP contribution in [0.4, 0.5) is 0 Å². The summed E-state index contributed by atoms with van der Waals surface area (Å²) < 4.78 is 6.39. The van der Waals surface area contributed by atoms with E-state index in [2.05, 4.69) is 23.0 Å². The molecule has 3 aromatic rings. The van der Waals surface area contributed by atoms with Crippen LogP contribution >= 0.6 is 0 Å². The summed E-state index contributed by atoms with van der Waals surface area (Å²) in [6, 6.07) is 14.2. The smallest absolute Gasteiger partial charge is 0.359 e. The Kier molecular flexibility index (Phi) is 6.66. The molecule has 1 atom stereocenters. The Labute approximate surface area is 179 Å². The highest BCUT2D eigenvalue weighted by Gasteiger charge is 2.19. The summed E-state index contributed by atoms with van der Waals surface area (Å²) in [6.45, 7) is 0.399. The van der Waals surface area contributed by atoms with Crippen LogP contribution in [0.15, 0.2) is 42.5 Å². The highest BCUT2D eigenvalue weighted by molar-refractivity contribution is 6.02. The number of amides is 1. The molecule has 0 unspecified atom stereocenters. The minimum atomic E-state index is -0.874. The minimum absolute atomic E-state index is 0.146. The number of hydrogen-bond donors (Lipinski definition) is 1. The van der Waals surface area contributed by atoms with Crippen molar-refractivity contribution in [2.24, 2.45) is 0 Å². The van der Waals surface area contributed by atoms with Crippen LogP contribution in [-0.4, -0.2) is 59.0 Å². The third-order valence-corrected chi connectivity index (χ3v) is 4.60. The fraction of sp³-hybridized carbons (Fsp3) is 0.217. The maximum absolute atomic E-state index is 12.2. The van der Waals surface area contributed by atoms with Crippen molar-refractivity contribution in [2.75, 3.05) is 20.7 Å². The summed E-state index contributed by atoms with van der Waals surface area (Å²) in [5.41, 5.74) is 2.44. The van der Waals surface area contributed by atoms with Crippen molar-refractivity contribution in [3.05, 3.63) is 59.3 Å². The molecular formula is C23H20N4O4. The number of carbonyl (C=O) groups is 2. The molecule has 1 N–H and O–H groups in total. The predicted octanol–water partition coefficient (Wildman–Crippen LogP) is 1.87. The van der Waals surface area contributed by atoms with Gasteiger partial charge in [0.1, 0.15) is 6.10 Å². The highest BCUT2D eigenvalue weighted by atomic mass is 16.5. The lowest BCUT2D eigenvalue weighted by atomic mass is 10.1. The molecule has 1 amide bonds. The molecular weight excluding hydrogens is 396 g/mol. The van der Waals surface area contributed by atoms with Crippen LogP contribution < -0.4 is 0 Å². The van der Waals surface area contributed by atoms with Gasteiger partial charge in [0, 0.05) is 31.0 Å². The summed E-state index contributed by atoms with van der Waals surface area (Å²) in [5, 5.41) is 24.2. The van der Waals surface area contributed by atoms with Crippen LogP contribution in [0.25, 0.3) is 16.6 Å². The lowest BCUT2D eigenvalue weighted by molar-refractivity contribution is -0.117. The molecule has 0 aliphatic carbocycles. The first-order chi connectivity index (χ1) is 15.0. The number of rotatable bonds is 6. The SMILES string of the molecule is COC(=O)c1nn(-c2cccc(C#C[C@H](O)CCN(C)C=O)c2)c2cc(C#N)ccc12. The summed E-state index contributed by atoms with van der Waals surface area (Å²) >= 11 is 0. The summed E-state index contributed by atoms with van der Waals surface area (Å²) in [6.07, 6.45) is 0.157. The molecule has 3 rings (SSSR count). The van der Waals surface area contributed by atoms with Crippen LogP contribution in [0, 0.1) is 23.2 Å². The number of hydrogen-bond acceptors (Lipinski definition) is 6. The van der Waals surface area contributed by atoms with Gasteiger partial charge >= 0.3 is 5.97 Å². The topological polar surface area (TPSA) is 108 Å². The fourth-order valence-corrected chi connectivity index (χ4v) is 2.96. The first-order valence-corrected chi connectivity index (χ1v) is 9.43. The number of aliphatic hydroxyl groups is 1. The Morgan fingerprint density at radius 2 is 2.13 bits per heavy atom. The van der Waals surface area contributed by atoms with Crippen LogP contribution in [0.1, 0.15) is 28.0 Å². The average Bonchev–Trinajstić information content (AvgIpc) is 3.19. The maximum Gasteiger partial charge on any atom is 0.359 e. The molecule has 0 saturated heterocycles. The van der Waals surface area contributed by atoms with Gasteiger partial charge in [-0.3, -0.25) is 4.79 Å². The van der Waals surface area contributed by atoms with Gasteiger partial charge in [-0.25, -0.2) is 9.48 Å². The number of methoxy groups -OCH3 is 1. The van der Waals surface area contributed by atoms with E-state index in [1.165, 1.54) is 12.0 Å². The van der Waals surface area contributed by atoms with E-state index in [-0.39, 0.29) is 5.69 Å². The van der Waals surface area contributed by atoms with E-state index in [1.54, 1.807) is 54.2 Å². The summed E-state index contributed by atoms with van der Waals surface area (Å²) in [7, 11) is 2.91. The van der Waals surface area contributed by atoms with E-state index in [0.717, 1.165) is 0 Å². The van der Waals surface area contributed by atoms with Gasteiger partial charge in [0.05, 0.1) is 29.9 Å². The highest BCUT2D eigenvalue weighted by Crippen LogP contribution is 2.24. The fourth-order valence-electron chi connectivity index (χ4n) is 2.96. The number of ether oxygens (including phenoxy) is 1. The number of benzene rings is 2. The monoisotopic (exact) mass is 416 g/mol. The van der Waals surface area contributed by atoms with Crippen molar-refractivity contribution in [3.63, 3.8) is 0 Å². The number of nitriles is 1. The first kappa shape index (κ1) is 21.6. The molecule has 1 aromatic heterocycles. The molecule has 0 bridgehead atoms. The van der Waals surface area contributed by atoms with Crippen molar-refractivity contribution < 1.29 is 19.4 Å². The van der Waals surface area contributed by atoms with Gasteiger partial charge in [0.15, 0.2) is 5.69 Å². The van der Waals surface area contributed by atoms with Crippen molar-refractivity contribution in [3.8, 4) is 23.6 Å². The van der Waals surface area contributed by atoms with Gasteiger partial charge in [-0.15, -0.1) is 0 Å². The van der Waals surface area contributed by atoms with Crippen LogP contribution in [0.3, 0.4) is 0 Å². The van der Waals surface area contributed by atoms with Crippen molar-refractivity contribution in [1.29, 1.82) is 5.26 Å². The molecule has 0 radical (unpaired) electrons. The van der Waals surface area contributed by atoms with Gasteiger partial charge < -0.3 is 14.7 Å². The normalized spacial score (nSPS) is 11.2. The second-order valence-corrected chi connectivity index (χ2v) is 6.81. The van der Waals surface area contributed by atoms with Gasteiger partial charge in [0.2, 0.25) is 6.41 Å². The first-order valence-electron chi connectivity index (χ1n) is 9.43. The van der Waals surface area contributed by atoms with Crippen molar-refractivity contribution in [2.45, 2.75) is 12.5 Å². The van der Waals surface area contributed by atoms with E-state index < -0.39 is 12.1 Å². The van der Waals surface area contributed by atoms with Gasteiger partial charge in [0.25, 0.3) is 0 Å². The lowest BCUT2D eigenvalue weighted by Gasteiger charge is -2.10. The van der Waals surface area contributed by atoms with E-state index in [4.69, 9.17) is 4.74 Å². The molecule has 8 nitrogen and oxygen atoms in total. The number of carbonyl (C=O) groups excluding carboxylic acids is 2. The quantitative estimate of drug-likeness (QED) is 0.373. The molecule has 2 aromatic carbocycles. The van der Waals surface area contributed by atoms with E-state index >= 15 is 0 Å². The van der Waals surface area contributed by atoms with Gasteiger partial charge in [-0.1, -0.05) is 17.9 Å². The number of nitrogens with zero attached hydrogens (tertiary/aromatic N) is 4. The Morgan fingerprint density at radius 1 is 1.32 bits per heavy atom. The zero-order valence-electron chi connectivity index (χ0n) is 17.1. The minimum Gasteiger partial charge on any atom is -0.464 e. The van der Waals surface area contributed by atoms with Crippen LogP contribution in [0.2, 0.25) is 0 Å². The zero-order valence-corrected chi connectivity index (χ0v) is 17.1. The Morgan fingerprint density at radius 3 is 2.84 bits per heavy atom. The van der Waals surface area contributed by atoms with Crippen LogP contribution in [-0.2, 0) is 9.53 Å². The number of fused-ring (bicyclic) bond motifs is 1. The summed E-state index contributed by atoms with van der Waals surface area (Å²) in [5.74, 6) is 5.10. The number of aromatic nitrogens is 2.